The fraction of sp³-hybridized carbons (Fsp3) is 0.263. The van der Waals surface area contributed by atoms with Gasteiger partial charge in [0.15, 0.2) is 11.5 Å². The number of aryl methyl sites for hydroxylation is 2. The van der Waals surface area contributed by atoms with Crippen LogP contribution in [0, 0.1) is 0 Å². The van der Waals surface area contributed by atoms with Crippen LogP contribution in [0.15, 0.2) is 36.7 Å². The molecule has 0 fully saturated rings. The van der Waals surface area contributed by atoms with Crippen LogP contribution in [-0.2, 0) is 12.8 Å². The molecule has 0 radical (unpaired) electrons. The van der Waals surface area contributed by atoms with E-state index < -0.39 is 0 Å². The molecule has 1 aliphatic carbocycles. The first-order valence-electron chi connectivity index (χ1n) is 8.04. The summed E-state index contributed by atoms with van der Waals surface area (Å²) in [6.07, 6.45) is 5.14. The molecule has 0 unspecified atom stereocenters. The van der Waals surface area contributed by atoms with Gasteiger partial charge in [0.25, 0.3) is 0 Å². The average molecular weight is 358 g/mol. The lowest BCUT2D eigenvalue weighted by molar-refractivity contribution is 0.356. The number of aromatic nitrogens is 2. The van der Waals surface area contributed by atoms with Gasteiger partial charge >= 0.3 is 0 Å². The Balaban J connectivity index is 0.00000182. The number of nitrogens with zero attached hydrogens (tertiary/aromatic N) is 2. The van der Waals surface area contributed by atoms with Crippen molar-refractivity contribution in [2.24, 2.45) is 0 Å². The minimum atomic E-state index is 0. The minimum absolute atomic E-state index is 0. The maximum atomic E-state index is 5.40. The summed E-state index contributed by atoms with van der Waals surface area (Å²) in [5.41, 5.74) is 4.74. The van der Waals surface area contributed by atoms with Crippen LogP contribution in [-0.4, -0.2) is 24.2 Å². The molecule has 0 atom stereocenters. The molecule has 0 aliphatic heterocycles. The Hall–Kier alpha value is -2.53. The second-order valence-corrected chi connectivity index (χ2v) is 5.91. The number of rotatable bonds is 4. The maximum Gasteiger partial charge on any atom is 0.162 e. The number of nitrogens with one attached hydrogen (secondary N) is 1. The average Bonchev–Trinajstić information content (AvgIpc) is 3.08. The summed E-state index contributed by atoms with van der Waals surface area (Å²) in [6.45, 7) is 0. The normalized spacial score (nSPS) is 12.4. The van der Waals surface area contributed by atoms with Gasteiger partial charge in [-0.3, -0.25) is 0 Å². The van der Waals surface area contributed by atoms with Crippen LogP contribution in [0.2, 0.25) is 0 Å². The van der Waals surface area contributed by atoms with E-state index in [-0.39, 0.29) is 12.4 Å². The summed E-state index contributed by atoms with van der Waals surface area (Å²) in [7, 11) is 3.25. The van der Waals surface area contributed by atoms with E-state index in [1.807, 2.05) is 12.1 Å². The summed E-state index contributed by atoms with van der Waals surface area (Å²) in [4.78, 5) is 8.75. The Morgan fingerprint density at radius 2 is 1.68 bits per heavy atom. The molecule has 0 saturated heterocycles. The smallest absolute Gasteiger partial charge is 0.162 e. The summed E-state index contributed by atoms with van der Waals surface area (Å²) in [5.74, 6) is 2.09. The van der Waals surface area contributed by atoms with E-state index in [0.717, 1.165) is 28.8 Å². The highest BCUT2D eigenvalue weighted by atomic mass is 35.5. The van der Waals surface area contributed by atoms with Crippen LogP contribution in [0.25, 0.3) is 10.9 Å². The number of anilines is 2. The highest BCUT2D eigenvalue weighted by molar-refractivity contribution is 5.93. The van der Waals surface area contributed by atoms with Gasteiger partial charge in [-0.05, 0) is 48.6 Å². The zero-order chi connectivity index (χ0) is 16.5. The van der Waals surface area contributed by atoms with Crippen molar-refractivity contribution in [1.82, 2.24) is 9.97 Å². The molecule has 1 aromatic heterocycles. The van der Waals surface area contributed by atoms with Gasteiger partial charge in [-0.25, -0.2) is 9.97 Å². The number of fused-ring (bicyclic) bond motifs is 2. The van der Waals surface area contributed by atoms with E-state index in [2.05, 4.69) is 33.5 Å². The molecule has 4 rings (SSSR count). The Kier molecular flexibility index (Phi) is 4.95. The third-order valence-electron chi connectivity index (χ3n) is 4.50. The first-order valence-corrected chi connectivity index (χ1v) is 8.04. The highest BCUT2D eigenvalue weighted by Crippen LogP contribution is 2.35. The summed E-state index contributed by atoms with van der Waals surface area (Å²) >= 11 is 0. The zero-order valence-corrected chi connectivity index (χ0v) is 15.0. The SMILES string of the molecule is COc1cc2ncnc(Nc3ccc4c(c3)CCC4)c2cc1OC.Cl. The Morgan fingerprint density at radius 1 is 0.920 bits per heavy atom. The van der Waals surface area contributed by atoms with E-state index in [4.69, 9.17) is 9.47 Å². The molecule has 2 aromatic carbocycles. The van der Waals surface area contributed by atoms with Crippen LogP contribution < -0.4 is 14.8 Å². The van der Waals surface area contributed by atoms with Crippen molar-refractivity contribution in [3.05, 3.63) is 47.8 Å². The molecular weight excluding hydrogens is 338 g/mol. The number of methoxy groups -OCH3 is 2. The first kappa shape index (κ1) is 17.3. The molecule has 3 aromatic rings. The van der Waals surface area contributed by atoms with Crippen LogP contribution in [0.1, 0.15) is 17.5 Å². The molecule has 6 heteroatoms. The van der Waals surface area contributed by atoms with Gasteiger partial charge in [0, 0.05) is 17.1 Å². The molecule has 1 aliphatic rings. The van der Waals surface area contributed by atoms with E-state index in [1.54, 1.807) is 20.5 Å². The van der Waals surface area contributed by atoms with Crippen molar-refractivity contribution in [2.45, 2.75) is 19.3 Å². The molecule has 130 valence electrons. The van der Waals surface area contributed by atoms with Crippen LogP contribution in [0.5, 0.6) is 11.5 Å². The van der Waals surface area contributed by atoms with Gasteiger partial charge in [-0.2, -0.15) is 0 Å². The molecule has 25 heavy (non-hydrogen) atoms. The Bertz CT molecular complexity index is 915. The van der Waals surface area contributed by atoms with E-state index in [1.165, 1.54) is 24.0 Å². The topological polar surface area (TPSA) is 56.3 Å². The van der Waals surface area contributed by atoms with Crippen molar-refractivity contribution in [3.63, 3.8) is 0 Å². The molecule has 0 saturated carbocycles. The molecule has 0 bridgehead atoms. The minimum Gasteiger partial charge on any atom is -0.493 e. The summed E-state index contributed by atoms with van der Waals surface area (Å²) in [6, 6.07) is 10.3. The molecule has 0 amide bonds. The predicted molar refractivity (Wildman–Crippen MR) is 102 cm³/mol. The highest BCUT2D eigenvalue weighted by Gasteiger charge is 2.13. The second-order valence-electron chi connectivity index (χ2n) is 5.91. The molecule has 5 nitrogen and oxygen atoms in total. The van der Waals surface area contributed by atoms with Crippen LogP contribution in [0.3, 0.4) is 0 Å². The van der Waals surface area contributed by atoms with Gasteiger partial charge in [-0.15, -0.1) is 12.4 Å². The van der Waals surface area contributed by atoms with Crippen LogP contribution >= 0.6 is 12.4 Å². The summed E-state index contributed by atoms with van der Waals surface area (Å²) in [5, 5.41) is 4.32. The van der Waals surface area contributed by atoms with Crippen LogP contribution in [0.4, 0.5) is 11.5 Å². The lowest BCUT2D eigenvalue weighted by Crippen LogP contribution is -1.98. The van der Waals surface area contributed by atoms with Crippen molar-refractivity contribution >= 4 is 34.8 Å². The van der Waals surface area contributed by atoms with Gasteiger partial charge in [0.2, 0.25) is 0 Å². The third kappa shape index (κ3) is 3.20. The lowest BCUT2D eigenvalue weighted by Gasteiger charge is -2.12. The lowest BCUT2D eigenvalue weighted by atomic mass is 10.1. The van der Waals surface area contributed by atoms with Crippen molar-refractivity contribution in [2.75, 3.05) is 19.5 Å². The number of benzene rings is 2. The number of hydrogen-bond acceptors (Lipinski definition) is 5. The number of hydrogen-bond donors (Lipinski definition) is 1. The van der Waals surface area contributed by atoms with Gasteiger partial charge in [0.1, 0.15) is 12.1 Å². The monoisotopic (exact) mass is 357 g/mol. The third-order valence-corrected chi connectivity index (χ3v) is 4.50. The first-order chi connectivity index (χ1) is 11.8. The second kappa shape index (κ2) is 7.15. The summed E-state index contributed by atoms with van der Waals surface area (Å²) < 4.78 is 10.7. The Morgan fingerprint density at radius 3 is 2.48 bits per heavy atom. The predicted octanol–water partition coefficient (Wildman–Crippen LogP) is 4.30. The van der Waals surface area contributed by atoms with E-state index >= 15 is 0 Å². The maximum absolute atomic E-state index is 5.40. The zero-order valence-electron chi connectivity index (χ0n) is 14.2. The fourth-order valence-electron chi connectivity index (χ4n) is 3.27. The number of halogens is 1. The largest absolute Gasteiger partial charge is 0.493 e. The van der Waals surface area contributed by atoms with Gasteiger partial charge in [0.05, 0.1) is 19.7 Å². The fourth-order valence-corrected chi connectivity index (χ4v) is 3.27. The van der Waals surface area contributed by atoms with Crippen molar-refractivity contribution in [3.8, 4) is 11.5 Å². The van der Waals surface area contributed by atoms with Crippen molar-refractivity contribution < 1.29 is 9.47 Å². The van der Waals surface area contributed by atoms with E-state index in [9.17, 15) is 0 Å². The molecular formula is C19H20ClN3O2. The standard InChI is InChI=1S/C19H19N3O2.ClH/c1-23-17-9-15-16(10-18(17)24-2)20-11-21-19(15)22-14-7-6-12-4-3-5-13(12)8-14;/h6-11H,3-5H2,1-2H3,(H,20,21,22);1H. The molecule has 1 heterocycles. The van der Waals surface area contributed by atoms with Gasteiger partial charge < -0.3 is 14.8 Å². The van der Waals surface area contributed by atoms with Crippen molar-refractivity contribution in [1.29, 1.82) is 0 Å². The molecule has 1 N–H and O–H groups in total. The van der Waals surface area contributed by atoms with Gasteiger partial charge in [-0.1, -0.05) is 6.07 Å². The molecule has 0 spiro atoms. The quantitative estimate of drug-likeness (QED) is 0.754. The Labute approximate surface area is 152 Å². The number of ether oxygens (including phenoxy) is 2. The van der Waals surface area contributed by atoms with E-state index in [0.29, 0.717) is 11.5 Å².